The van der Waals surface area contributed by atoms with Gasteiger partial charge in [-0.15, -0.1) is 0 Å². The molecule has 146 valence electrons. The number of rotatable bonds is 4. The third-order valence-corrected chi connectivity index (χ3v) is 5.66. The number of nitrogens with one attached hydrogen (secondary N) is 1. The Kier molecular flexibility index (Phi) is 5.03. The van der Waals surface area contributed by atoms with Gasteiger partial charge >= 0.3 is 0 Å². The topological polar surface area (TPSA) is 71.3 Å². The summed E-state index contributed by atoms with van der Waals surface area (Å²) in [6, 6.07) is 6.14. The minimum Gasteiger partial charge on any atom is -0.371 e. The number of piperidine rings is 1. The fraction of sp³-hybridized carbons (Fsp3) is 0.409. The molecule has 0 saturated carbocycles. The molecule has 1 fully saturated rings. The van der Waals surface area contributed by atoms with Crippen LogP contribution in [0.1, 0.15) is 49.1 Å². The molecule has 6 nitrogen and oxygen atoms in total. The molecule has 3 heterocycles. The average Bonchev–Trinajstić information content (AvgIpc) is 3.06. The van der Waals surface area contributed by atoms with E-state index in [2.05, 4.69) is 26.4 Å². The Balaban J connectivity index is 1.65. The lowest BCUT2D eigenvalue weighted by molar-refractivity contribution is -0.117. The van der Waals surface area contributed by atoms with Crippen LogP contribution < -0.4 is 10.2 Å². The molecule has 0 aliphatic carbocycles. The molecule has 1 atom stereocenters. The molecule has 1 aromatic carbocycles. The highest BCUT2D eigenvalue weighted by Gasteiger charge is 2.24. The van der Waals surface area contributed by atoms with Crippen molar-refractivity contribution in [2.24, 2.45) is 0 Å². The minimum absolute atomic E-state index is 0.0784. The van der Waals surface area contributed by atoms with E-state index in [1.807, 2.05) is 45.3 Å². The lowest BCUT2D eigenvalue weighted by Gasteiger charge is -2.30. The van der Waals surface area contributed by atoms with Crippen LogP contribution >= 0.6 is 0 Å². The first-order chi connectivity index (χ1) is 13.6. The first kappa shape index (κ1) is 18.5. The Morgan fingerprint density at radius 3 is 2.64 bits per heavy atom. The van der Waals surface area contributed by atoms with Crippen LogP contribution in [-0.2, 0) is 4.79 Å². The molecule has 1 unspecified atom stereocenters. The zero-order valence-corrected chi connectivity index (χ0v) is 16.7. The van der Waals surface area contributed by atoms with E-state index in [4.69, 9.17) is 4.52 Å². The van der Waals surface area contributed by atoms with Crippen molar-refractivity contribution in [3.63, 3.8) is 0 Å². The van der Waals surface area contributed by atoms with Gasteiger partial charge in [0.1, 0.15) is 5.76 Å². The molecule has 0 radical (unpaired) electrons. The molecule has 1 saturated heterocycles. The van der Waals surface area contributed by atoms with Gasteiger partial charge in [0.2, 0.25) is 5.91 Å². The first-order valence-electron chi connectivity index (χ1n) is 9.91. The van der Waals surface area contributed by atoms with Crippen molar-refractivity contribution in [1.82, 2.24) is 10.1 Å². The van der Waals surface area contributed by atoms with Gasteiger partial charge in [0, 0.05) is 47.5 Å². The smallest absolute Gasteiger partial charge is 0.231 e. The third kappa shape index (κ3) is 3.35. The summed E-state index contributed by atoms with van der Waals surface area (Å²) in [4.78, 5) is 19.7. The maximum absolute atomic E-state index is 12.9. The van der Waals surface area contributed by atoms with Crippen LogP contribution in [0.3, 0.4) is 0 Å². The normalized spacial score (nSPS) is 15.6. The lowest BCUT2D eigenvalue weighted by atomic mass is 9.98. The largest absolute Gasteiger partial charge is 0.371 e. The number of aryl methyl sites for hydroxylation is 2. The summed E-state index contributed by atoms with van der Waals surface area (Å²) in [5.74, 6) is 0.261. The third-order valence-electron chi connectivity index (χ3n) is 5.66. The van der Waals surface area contributed by atoms with Crippen LogP contribution in [-0.4, -0.2) is 29.1 Å². The predicted octanol–water partition coefficient (Wildman–Crippen LogP) is 4.57. The number of aromatic nitrogens is 2. The van der Waals surface area contributed by atoms with E-state index in [9.17, 15) is 4.79 Å². The van der Waals surface area contributed by atoms with E-state index >= 15 is 0 Å². The summed E-state index contributed by atoms with van der Waals surface area (Å²) in [5, 5.41) is 9.15. The van der Waals surface area contributed by atoms with Crippen molar-refractivity contribution in [1.29, 1.82) is 0 Å². The molecule has 1 amide bonds. The quantitative estimate of drug-likeness (QED) is 0.720. The van der Waals surface area contributed by atoms with Gasteiger partial charge in [-0.2, -0.15) is 0 Å². The summed E-state index contributed by atoms with van der Waals surface area (Å²) >= 11 is 0. The van der Waals surface area contributed by atoms with Crippen LogP contribution in [0.4, 0.5) is 11.4 Å². The Morgan fingerprint density at radius 2 is 1.93 bits per heavy atom. The van der Waals surface area contributed by atoms with Gasteiger partial charge in [-0.1, -0.05) is 5.16 Å². The van der Waals surface area contributed by atoms with Gasteiger partial charge < -0.3 is 14.7 Å². The second kappa shape index (κ2) is 7.62. The molecule has 3 aromatic rings. The lowest BCUT2D eigenvalue weighted by Crippen LogP contribution is -2.29. The molecule has 2 aromatic heterocycles. The highest BCUT2D eigenvalue weighted by molar-refractivity contribution is 6.07. The molecule has 0 spiro atoms. The zero-order valence-electron chi connectivity index (χ0n) is 16.7. The number of anilines is 2. The van der Waals surface area contributed by atoms with Gasteiger partial charge in [-0.25, -0.2) is 0 Å². The molecular formula is C22H26N4O2. The number of hydrogen-bond donors (Lipinski definition) is 1. The summed E-state index contributed by atoms with van der Waals surface area (Å²) in [6.07, 6.45) is 7.39. The summed E-state index contributed by atoms with van der Waals surface area (Å²) in [5.41, 5.74) is 3.61. The van der Waals surface area contributed by atoms with Gasteiger partial charge in [0.25, 0.3) is 0 Å². The molecule has 1 aliphatic rings. The Bertz CT molecular complexity index is 985. The van der Waals surface area contributed by atoms with E-state index in [0.29, 0.717) is 5.76 Å². The second-order valence-corrected chi connectivity index (χ2v) is 7.55. The van der Waals surface area contributed by atoms with Gasteiger partial charge in [0.15, 0.2) is 0 Å². The number of pyridine rings is 1. The Labute approximate surface area is 164 Å². The average molecular weight is 378 g/mol. The zero-order chi connectivity index (χ0) is 19.7. The Morgan fingerprint density at radius 1 is 1.14 bits per heavy atom. The number of amides is 1. The fourth-order valence-electron chi connectivity index (χ4n) is 4.17. The maximum atomic E-state index is 12.9. The van der Waals surface area contributed by atoms with Crippen LogP contribution in [0, 0.1) is 13.8 Å². The van der Waals surface area contributed by atoms with Crippen LogP contribution in [0.25, 0.3) is 10.8 Å². The van der Waals surface area contributed by atoms with Crippen molar-refractivity contribution in [3.8, 4) is 0 Å². The number of hydrogen-bond acceptors (Lipinski definition) is 5. The monoisotopic (exact) mass is 378 g/mol. The van der Waals surface area contributed by atoms with Gasteiger partial charge in [-0.05, 0) is 58.2 Å². The van der Waals surface area contributed by atoms with Crippen molar-refractivity contribution < 1.29 is 9.32 Å². The second-order valence-electron chi connectivity index (χ2n) is 7.55. The van der Waals surface area contributed by atoms with E-state index in [1.165, 1.54) is 24.9 Å². The van der Waals surface area contributed by atoms with Gasteiger partial charge in [0.05, 0.1) is 17.3 Å². The summed E-state index contributed by atoms with van der Waals surface area (Å²) in [6.45, 7) is 7.73. The fourth-order valence-corrected chi connectivity index (χ4v) is 4.17. The highest BCUT2D eigenvalue weighted by atomic mass is 16.5. The number of benzene rings is 1. The first-order valence-corrected chi connectivity index (χ1v) is 9.91. The van der Waals surface area contributed by atoms with E-state index in [1.54, 1.807) is 0 Å². The van der Waals surface area contributed by atoms with Crippen molar-refractivity contribution in [2.45, 2.75) is 46.0 Å². The molecule has 4 rings (SSSR count). The predicted molar refractivity (Wildman–Crippen MR) is 111 cm³/mol. The Hall–Kier alpha value is -2.89. The molecule has 28 heavy (non-hydrogen) atoms. The molecule has 1 aliphatic heterocycles. The highest BCUT2D eigenvalue weighted by Crippen LogP contribution is 2.34. The molecule has 0 bridgehead atoms. The number of nitrogens with zero attached hydrogens (tertiary/aromatic N) is 3. The van der Waals surface area contributed by atoms with Crippen molar-refractivity contribution in [2.75, 3.05) is 23.3 Å². The maximum Gasteiger partial charge on any atom is 0.231 e. The summed E-state index contributed by atoms with van der Waals surface area (Å²) < 4.78 is 5.22. The van der Waals surface area contributed by atoms with Crippen molar-refractivity contribution in [3.05, 3.63) is 47.6 Å². The number of fused-ring (bicyclic) bond motifs is 1. The van der Waals surface area contributed by atoms with E-state index in [-0.39, 0.29) is 11.8 Å². The standard InChI is InChI=1S/C22H26N4O2/c1-14(21-15(2)25-28-16(21)3)22(27)24-19-7-8-20(26-11-5-4-6-12-26)17-9-10-23-13-18(17)19/h7-10,13-14H,4-6,11-12H2,1-3H3,(H,24,27). The van der Waals surface area contributed by atoms with Gasteiger partial charge in [-0.3, -0.25) is 9.78 Å². The van der Waals surface area contributed by atoms with E-state index in [0.717, 1.165) is 40.8 Å². The molecular weight excluding hydrogens is 352 g/mol. The van der Waals surface area contributed by atoms with Crippen molar-refractivity contribution >= 4 is 28.1 Å². The number of carbonyl (C=O) groups is 1. The van der Waals surface area contributed by atoms with Crippen LogP contribution in [0.2, 0.25) is 0 Å². The summed E-state index contributed by atoms with van der Waals surface area (Å²) in [7, 11) is 0. The molecule has 1 N–H and O–H groups in total. The number of carbonyl (C=O) groups excluding carboxylic acids is 1. The minimum atomic E-state index is -0.347. The molecule has 6 heteroatoms. The SMILES string of the molecule is Cc1noc(C)c1C(C)C(=O)Nc1ccc(N2CCCCC2)c2ccncc12. The van der Waals surface area contributed by atoms with E-state index < -0.39 is 0 Å². The van der Waals surface area contributed by atoms with Crippen LogP contribution in [0.15, 0.2) is 35.1 Å². The van der Waals surface area contributed by atoms with Crippen LogP contribution in [0.5, 0.6) is 0 Å².